The Morgan fingerprint density at radius 3 is 2.71 bits per heavy atom. The third kappa shape index (κ3) is 3.31. The number of rotatable bonds is 5. The van der Waals surface area contributed by atoms with Gasteiger partial charge in [-0.3, -0.25) is 0 Å². The maximum Gasteiger partial charge on any atom is 0.213 e. The van der Waals surface area contributed by atoms with Crippen molar-refractivity contribution >= 4 is 11.8 Å². The van der Waals surface area contributed by atoms with Crippen molar-refractivity contribution in [2.24, 2.45) is 0 Å². The molecule has 1 N–H and O–H groups in total. The van der Waals surface area contributed by atoms with Gasteiger partial charge in [0.1, 0.15) is 0 Å². The van der Waals surface area contributed by atoms with Gasteiger partial charge in [-0.2, -0.15) is 4.98 Å². The summed E-state index contributed by atoms with van der Waals surface area (Å²) in [7, 11) is 1.96. The summed E-state index contributed by atoms with van der Waals surface area (Å²) in [6.07, 6.45) is 1.35. The number of hydrogen-bond acceptors (Lipinski definition) is 5. The Bertz CT molecular complexity index is 441. The Morgan fingerprint density at radius 2 is 2.12 bits per heavy atom. The van der Waals surface area contributed by atoms with E-state index in [9.17, 15) is 0 Å². The molecule has 1 aromatic carbocycles. The van der Waals surface area contributed by atoms with Crippen LogP contribution >= 0.6 is 11.8 Å². The smallest absolute Gasteiger partial charge is 0.213 e. The maximum absolute atomic E-state index is 4.69. The summed E-state index contributed by atoms with van der Waals surface area (Å²) in [4.78, 5) is 5.19. The fourth-order valence-electron chi connectivity index (χ4n) is 1.42. The lowest BCUT2D eigenvalue weighted by atomic mass is 10.1. The second kappa shape index (κ2) is 5.84. The van der Waals surface area contributed by atoms with Crippen LogP contribution < -0.4 is 5.32 Å². The molecule has 90 valence electrons. The van der Waals surface area contributed by atoms with Crippen molar-refractivity contribution in [3.05, 3.63) is 42.0 Å². The summed E-state index contributed by atoms with van der Waals surface area (Å²) in [6, 6.07) is 8.90. The molecule has 2 rings (SSSR count). The first-order valence-electron chi connectivity index (χ1n) is 5.45. The predicted molar refractivity (Wildman–Crippen MR) is 67.8 cm³/mol. The minimum atomic E-state index is 0.381. The van der Waals surface area contributed by atoms with Crippen LogP contribution in [0.2, 0.25) is 0 Å². The van der Waals surface area contributed by atoms with Gasteiger partial charge in [0, 0.05) is 10.9 Å². The van der Waals surface area contributed by atoms with Crippen molar-refractivity contribution < 1.29 is 4.52 Å². The van der Waals surface area contributed by atoms with Gasteiger partial charge < -0.3 is 9.84 Å². The molecule has 1 aromatic heterocycles. The Balaban J connectivity index is 1.94. The van der Waals surface area contributed by atoms with Crippen LogP contribution in [0.3, 0.4) is 0 Å². The molecule has 0 saturated heterocycles. The molecule has 0 bridgehead atoms. The summed E-state index contributed by atoms with van der Waals surface area (Å²) < 4.78 is 4.69. The molecule has 17 heavy (non-hydrogen) atoms. The number of nitrogens with one attached hydrogen (secondary N) is 1. The standard InChI is InChI=1S/C12H15N3OS/c1-9(13-2)10-3-5-11(6-4-10)17-7-12-14-8-16-15-12/h3-6,8-9,13H,7H2,1-2H3. The highest BCUT2D eigenvalue weighted by Crippen LogP contribution is 2.23. The first-order valence-corrected chi connectivity index (χ1v) is 6.43. The highest BCUT2D eigenvalue weighted by atomic mass is 32.2. The third-order valence-corrected chi connectivity index (χ3v) is 3.60. The molecule has 2 aromatic rings. The molecule has 4 nitrogen and oxygen atoms in total. The van der Waals surface area contributed by atoms with E-state index < -0.39 is 0 Å². The molecular formula is C12H15N3OS. The van der Waals surface area contributed by atoms with E-state index in [1.54, 1.807) is 11.8 Å². The molecule has 0 aliphatic rings. The summed E-state index contributed by atoms with van der Waals surface area (Å²) in [5.41, 5.74) is 1.29. The van der Waals surface area contributed by atoms with Gasteiger partial charge in [-0.1, -0.05) is 17.3 Å². The van der Waals surface area contributed by atoms with E-state index >= 15 is 0 Å². The van der Waals surface area contributed by atoms with Crippen LogP contribution in [0.5, 0.6) is 0 Å². The second-order valence-electron chi connectivity index (χ2n) is 3.72. The quantitative estimate of drug-likeness (QED) is 0.826. The topological polar surface area (TPSA) is 51.0 Å². The molecule has 1 atom stereocenters. The number of aromatic nitrogens is 2. The van der Waals surface area contributed by atoms with Crippen molar-refractivity contribution in [3.8, 4) is 0 Å². The van der Waals surface area contributed by atoms with E-state index in [1.165, 1.54) is 16.9 Å². The molecule has 1 unspecified atom stereocenters. The van der Waals surface area contributed by atoms with Gasteiger partial charge in [-0.25, -0.2) is 0 Å². The van der Waals surface area contributed by atoms with Crippen molar-refractivity contribution in [3.63, 3.8) is 0 Å². The molecule has 0 aliphatic heterocycles. The van der Waals surface area contributed by atoms with E-state index in [-0.39, 0.29) is 0 Å². The highest BCUT2D eigenvalue weighted by molar-refractivity contribution is 7.98. The summed E-state index contributed by atoms with van der Waals surface area (Å²) in [5, 5.41) is 6.99. The van der Waals surface area contributed by atoms with Gasteiger partial charge in [-0.15, -0.1) is 11.8 Å². The van der Waals surface area contributed by atoms with E-state index in [1.807, 2.05) is 7.05 Å². The Hall–Kier alpha value is -1.33. The summed E-state index contributed by atoms with van der Waals surface area (Å²) in [5.74, 6) is 1.46. The fraction of sp³-hybridized carbons (Fsp3) is 0.333. The highest BCUT2D eigenvalue weighted by Gasteiger charge is 2.03. The summed E-state index contributed by atoms with van der Waals surface area (Å²) in [6.45, 7) is 2.14. The van der Waals surface area contributed by atoms with Gasteiger partial charge in [0.15, 0.2) is 5.82 Å². The second-order valence-corrected chi connectivity index (χ2v) is 4.76. The lowest BCUT2D eigenvalue weighted by molar-refractivity contribution is 0.412. The molecule has 0 radical (unpaired) electrons. The molecule has 0 saturated carbocycles. The van der Waals surface area contributed by atoms with Crippen molar-refractivity contribution in [1.82, 2.24) is 15.5 Å². The number of thioether (sulfide) groups is 1. The van der Waals surface area contributed by atoms with Crippen LogP contribution in [-0.2, 0) is 5.75 Å². The normalized spacial score (nSPS) is 12.6. The minimum absolute atomic E-state index is 0.381. The molecule has 0 fully saturated rings. The van der Waals surface area contributed by atoms with Gasteiger partial charge in [0.2, 0.25) is 6.39 Å². The maximum atomic E-state index is 4.69. The first kappa shape index (κ1) is 12.1. The van der Waals surface area contributed by atoms with E-state index in [4.69, 9.17) is 0 Å². The lowest BCUT2D eigenvalue weighted by Gasteiger charge is -2.10. The van der Waals surface area contributed by atoms with Gasteiger partial charge in [0.25, 0.3) is 0 Å². The van der Waals surface area contributed by atoms with Crippen molar-refractivity contribution in [2.45, 2.75) is 23.6 Å². The van der Waals surface area contributed by atoms with Crippen molar-refractivity contribution in [2.75, 3.05) is 7.05 Å². The zero-order valence-electron chi connectivity index (χ0n) is 9.88. The fourth-order valence-corrected chi connectivity index (χ4v) is 2.17. The van der Waals surface area contributed by atoms with E-state index in [0.717, 1.165) is 11.6 Å². The first-order chi connectivity index (χ1) is 8.29. The van der Waals surface area contributed by atoms with Crippen LogP contribution in [0.25, 0.3) is 0 Å². The molecule has 0 aliphatic carbocycles. The Labute approximate surface area is 105 Å². The molecule has 1 heterocycles. The summed E-state index contributed by atoms with van der Waals surface area (Å²) >= 11 is 1.70. The predicted octanol–water partition coefficient (Wildman–Crippen LogP) is 2.64. The minimum Gasteiger partial charge on any atom is -0.343 e. The van der Waals surface area contributed by atoms with Gasteiger partial charge >= 0.3 is 0 Å². The number of benzene rings is 1. The number of nitrogens with zero attached hydrogens (tertiary/aromatic N) is 2. The van der Waals surface area contributed by atoms with E-state index in [0.29, 0.717) is 6.04 Å². The molecule has 5 heteroatoms. The van der Waals surface area contributed by atoms with Gasteiger partial charge in [0.05, 0.1) is 5.75 Å². The molecule has 0 spiro atoms. The van der Waals surface area contributed by atoms with Crippen LogP contribution in [0.4, 0.5) is 0 Å². The average molecular weight is 249 g/mol. The van der Waals surface area contributed by atoms with Crippen molar-refractivity contribution in [1.29, 1.82) is 0 Å². The largest absolute Gasteiger partial charge is 0.343 e. The van der Waals surface area contributed by atoms with E-state index in [2.05, 4.69) is 51.2 Å². The molecular weight excluding hydrogens is 234 g/mol. The van der Waals surface area contributed by atoms with Crippen LogP contribution in [0, 0.1) is 0 Å². The molecule has 0 amide bonds. The lowest BCUT2D eigenvalue weighted by Crippen LogP contribution is -2.11. The SMILES string of the molecule is CNC(C)c1ccc(SCc2ncon2)cc1. The zero-order valence-corrected chi connectivity index (χ0v) is 10.7. The van der Waals surface area contributed by atoms with Crippen LogP contribution in [-0.4, -0.2) is 17.2 Å². The average Bonchev–Trinajstić information content (AvgIpc) is 2.89. The van der Waals surface area contributed by atoms with Crippen LogP contribution in [0.1, 0.15) is 24.4 Å². The zero-order chi connectivity index (χ0) is 12.1. The number of hydrogen-bond donors (Lipinski definition) is 1. The Kier molecular flexibility index (Phi) is 4.17. The third-order valence-electron chi connectivity index (χ3n) is 2.59. The monoisotopic (exact) mass is 249 g/mol. The Morgan fingerprint density at radius 1 is 1.35 bits per heavy atom. The van der Waals surface area contributed by atoms with Crippen LogP contribution in [0.15, 0.2) is 40.1 Å². The van der Waals surface area contributed by atoms with Gasteiger partial charge in [-0.05, 0) is 31.7 Å².